The Morgan fingerprint density at radius 2 is 2.00 bits per heavy atom. The predicted molar refractivity (Wildman–Crippen MR) is 67.7 cm³/mol. The van der Waals surface area contributed by atoms with Gasteiger partial charge in [0.2, 0.25) is 0 Å². The molecule has 1 aliphatic rings. The van der Waals surface area contributed by atoms with Gasteiger partial charge < -0.3 is 5.11 Å². The van der Waals surface area contributed by atoms with Gasteiger partial charge in [0, 0.05) is 0 Å². The Balaban J connectivity index is 1.93. The maximum Gasteiger partial charge on any atom is 0.307 e. The normalized spacial score (nSPS) is 26.0. The lowest BCUT2D eigenvalue weighted by Gasteiger charge is -1.97. The molecule has 0 heterocycles. The summed E-state index contributed by atoms with van der Waals surface area (Å²) in [4.78, 5) is 11.0. The molecule has 2 unspecified atom stereocenters. The fraction of sp³-hybridized carbons (Fsp3) is 0.400. The van der Waals surface area contributed by atoms with Crippen LogP contribution in [0.2, 0.25) is 0 Å². The lowest BCUT2D eigenvalue weighted by Crippen LogP contribution is -2.02. The summed E-state index contributed by atoms with van der Waals surface area (Å²) in [6.45, 7) is 4.03. The number of hydrogen-bond acceptors (Lipinski definition) is 1. The van der Waals surface area contributed by atoms with E-state index in [1.807, 2.05) is 32.0 Å². The van der Waals surface area contributed by atoms with Crippen LogP contribution in [0.4, 0.5) is 0 Å². The van der Waals surface area contributed by atoms with Crippen molar-refractivity contribution in [3.8, 4) is 0 Å². The molecule has 1 fully saturated rings. The van der Waals surface area contributed by atoms with Crippen molar-refractivity contribution in [1.82, 2.24) is 0 Å². The summed E-state index contributed by atoms with van der Waals surface area (Å²) in [6.07, 6.45) is 5.02. The van der Waals surface area contributed by atoms with Crippen molar-refractivity contribution >= 4 is 5.97 Å². The van der Waals surface area contributed by atoms with E-state index in [9.17, 15) is 4.79 Å². The van der Waals surface area contributed by atoms with Gasteiger partial charge >= 0.3 is 5.97 Å². The van der Waals surface area contributed by atoms with Gasteiger partial charge in [-0.15, -0.1) is 0 Å². The van der Waals surface area contributed by atoms with Gasteiger partial charge in [0.15, 0.2) is 0 Å². The van der Waals surface area contributed by atoms with Crippen molar-refractivity contribution in [2.75, 3.05) is 0 Å². The lowest BCUT2D eigenvalue weighted by molar-refractivity contribution is -0.139. The van der Waals surface area contributed by atoms with Crippen LogP contribution in [0, 0.1) is 17.3 Å². The molecule has 2 nitrogen and oxygen atoms in total. The molecule has 0 aromatic heterocycles. The largest absolute Gasteiger partial charge is 0.481 e. The number of carbonyl (C=O) groups is 1. The number of carboxylic acid groups (broad SMARTS) is 1. The molecule has 1 aromatic carbocycles. The number of carboxylic acids is 1. The molecule has 2 rings (SSSR count). The van der Waals surface area contributed by atoms with Crippen LogP contribution in [-0.4, -0.2) is 11.1 Å². The van der Waals surface area contributed by atoms with Crippen LogP contribution in [0.25, 0.3) is 0 Å². The number of benzene rings is 1. The molecular formula is C15H18O2. The minimum atomic E-state index is -0.677. The number of aliphatic carboxylic acids is 1. The van der Waals surface area contributed by atoms with Crippen LogP contribution in [0.15, 0.2) is 42.5 Å². The van der Waals surface area contributed by atoms with Crippen LogP contribution < -0.4 is 0 Å². The molecular weight excluding hydrogens is 212 g/mol. The lowest BCUT2D eigenvalue weighted by atomic mass is 10.1. The Morgan fingerprint density at radius 1 is 1.35 bits per heavy atom. The van der Waals surface area contributed by atoms with E-state index >= 15 is 0 Å². The number of allylic oxidation sites excluding steroid dienone is 2. The van der Waals surface area contributed by atoms with Crippen molar-refractivity contribution in [2.24, 2.45) is 17.3 Å². The SMILES string of the molecule is CC1(C)C(/C=C/Cc2ccccc2)C1C(=O)O. The molecule has 0 radical (unpaired) electrons. The molecule has 0 spiro atoms. The van der Waals surface area contributed by atoms with Gasteiger partial charge in [-0.3, -0.25) is 4.79 Å². The number of hydrogen-bond donors (Lipinski definition) is 1. The van der Waals surface area contributed by atoms with Gasteiger partial charge in [-0.25, -0.2) is 0 Å². The zero-order chi connectivity index (χ0) is 12.5. The Hall–Kier alpha value is -1.57. The maximum absolute atomic E-state index is 11.0. The Bertz CT molecular complexity index is 431. The highest BCUT2D eigenvalue weighted by atomic mass is 16.4. The van der Waals surface area contributed by atoms with E-state index in [1.54, 1.807) is 0 Å². The molecule has 2 heteroatoms. The third-order valence-electron chi connectivity index (χ3n) is 3.72. The second kappa shape index (κ2) is 4.36. The van der Waals surface area contributed by atoms with Crippen LogP contribution in [0.1, 0.15) is 19.4 Å². The van der Waals surface area contributed by atoms with Crippen LogP contribution in [0.5, 0.6) is 0 Å². The molecule has 0 aliphatic heterocycles. The highest BCUT2D eigenvalue weighted by Gasteiger charge is 2.60. The first-order valence-electron chi connectivity index (χ1n) is 5.97. The molecule has 1 aromatic rings. The van der Waals surface area contributed by atoms with Crippen molar-refractivity contribution in [3.05, 3.63) is 48.0 Å². The quantitative estimate of drug-likeness (QED) is 0.807. The highest BCUT2D eigenvalue weighted by Crippen LogP contribution is 2.59. The molecule has 90 valence electrons. The van der Waals surface area contributed by atoms with E-state index in [1.165, 1.54) is 5.56 Å². The number of rotatable bonds is 4. The second-order valence-corrected chi connectivity index (χ2v) is 5.28. The molecule has 1 saturated carbocycles. The van der Waals surface area contributed by atoms with Crippen molar-refractivity contribution in [3.63, 3.8) is 0 Å². The van der Waals surface area contributed by atoms with Gasteiger partial charge in [0.1, 0.15) is 0 Å². The summed E-state index contributed by atoms with van der Waals surface area (Å²) in [7, 11) is 0. The van der Waals surface area contributed by atoms with Crippen molar-refractivity contribution < 1.29 is 9.90 Å². The monoisotopic (exact) mass is 230 g/mol. The van der Waals surface area contributed by atoms with E-state index in [4.69, 9.17) is 5.11 Å². The third-order valence-corrected chi connectivity index (χ3v) is 3.72. The van der Waals surface area contributed by atoms with Crippen LogP contribution in [-0.2, 0) is 11.2 Å². The van der Waals surface area contributed by atoms with Crippen LogP contribution >= 0.6 is 0 Å². The Morgan fingerprint density at radius 3 is 2.53 bits per heavy atom. The summed E-state index contributed by atoms with van der Waals surface area (Å²) in [5.41, 5.74) is 1.17. The van der Waals surface area contributed by atoms with Gasteiger partial charge in [-0.05, 0) is 23.3 Å². The summed E-state index contributed by atoms with van der Waals surface area (Å²) in [5, 5.41) is 9.04. The van der Waals surface area contributed by atoms with Crippen molar-refractivity contribution in [2.45, 2.75) is 20.3 Å². The average molecular weight is 230 g/mol. The third kappa shape index (κ3) is 2.41. The predicted octanol–water partition coefficient (Wildman–Crippen LogP) is 3.14. The molecule has 0 saturated heterocycles. The molecule has 0 amide bonds. The summed E-state index contributed by atoms with van der Waals surface area (Å²) in [6, 6.07) is 10.2. The van der Waals surface area contributed by atoms with Crippen molar-refractivity contribution in [1.29, 1.82) is 0 Å². The van der Waals surface area contributed by atoms with E-state index < -0.39 is 5.97 Å². The van der Waals surface area contributed by atoms with E-state index in [2.05, 4.69) is 24.3 Å². The van der Waals surface area contributed by atoms with Gasteiger partial charge in [0.25, 0.3) is 0 Å². The zero-order valence-electron chi connectivity index (χ0n) is 10.3. The van der Waals surface area contributed by atoms with Gasteiger partial charge in [-0.1, -0.05) is 56.3 Å². The maximum atomic E-state index is 11.0. The van der Waals surface area contributed by atoms with E-state index in [-0.39, 0.29) is 17.3 Å². The summed E-state index contributed by atoms with van der Waals surface area (Å²) in [5.74, 6) is -0.706. The minimum Gasteiger partial charge on any atom is -0.481 e. The smallest absolute Gasteiger partial charge is 0.307 e. The first-order chi connectivity index (χ1) is 8.03. The highest BCUT2D eigenvalue weighted by molar-refractivity contribution is 5.76. The molecule has 1 aliphatic carbocycles. The van der Waals surface area contributed by atoms with Gasteiger partial charge in [-0.2, -0.15) is 0 Å². The average Bonchev–Trinajstić information content (AvgIpc) is 2.82. The molecule has 1 N–H and O–H groups in total. The summed E-state index contributed by atoms with van der Waals surface area (Å²) >= 11 is 0. The van der Waals surface area contributed by atoms with E-state index in [0.717, 1.165) is 6.42 Å². The fourth-order valence-electron chi connectivity index (χ4n) is 2.47. The first kappa shape index (κ1) is 11.9. The summed E-state index contributed by atoms with van der Waals surface area (Å²) < 4.78 is 0. The topological polar surface area (TPSA) is 37.3 Å². The molecule has 2 atom stereocenters. The molecule has 0 bridgehead atoms. The molecule has 17 heavy (non-hydrogen) atoms. The first-order valence-corrected chi connectivity index (χ1v) is 5.97. The van der Waals surface area contributed by atoms with Gasteiger partial charge in [0.05, 0.1) is 5.92 Å². The Kier molecular flexibility index (Phi) is 3.05. The van der Waals surface area contributed by atoms with E-state index in [0.29, 0.717) is 0 Å². The minimum absolute atomic E-state index is 0.0843. The standard InChI is InChI=1S/C15H18O2/c1-15(2)12(13(15)14(16)17)10-6-9-11-7-4-3-5-8-11/h3-8,10,12-13H,9H2,1-2H3,(H,16,17)/b10-6+. The Labute approximate surface area is 102 Å². The second-order valence-electron chi connectivity index (χ2n) is 5.28. The zero-order valence-corrected chi connectivity index (χ0v) is 10.3. The van der Waals surface area contributed by atoms with Crippen LogP contribution in [0.3, 0.4) is 0 Å². The fourth-order valence-corrected chi connectivity index (χ4v) is 2.47.